The molecule has 0 fully saturated rings. The van der Waals surface area contributed by atoms with E-state index in [1.54, 1.807) is 49.9 Å². The fraction of sp³-hybridized carbons (Fsp3) is 0.333. The van der Waals surface area contributed by atoms with Crippen molar-refractivity contribution in [2.45, 2.75) is 46.7 Å². The van der Waals surface area contributed by atoms with Crippen molar-refractivity contribution in [3.8, 4) is 0 Å². The second-order valence-electron chi connectivity index (χ2n) is 19.1. The van der Waals surface area contributed by atoms with Crippen molar-refractivity contribution in [3.05, 3.63) is 171 Å². The standard InChI is InChI=1S/C60H68N8O8/c1-41-21-23-55-58-49(41)15-11-17-51(58)53(67(55)25-27-71-5)19-9-13-43(14-10-20-54-52-18-12-16-50-42(2)22-24-56(59(50)52)68(54)26-28-72-6)57-45(35-65-37-47(63(3)61-65)39-75-31-29-73-7)33-44(60(69)70)34-46(57)36-66-38-48(64(4)62-66)40-76-32-30-74-8/h9-24,33-34,37-38H,25-32,35-36,39-40H2,1-8H3/q+2/p+1. The van der Waals surface area contributed by atoms with Crippen molar-refractivity contribution in [2.75, 3.05) is 74.6 Å². The maximum absolute atomic E-state index is 13.2. The Morgan fingerprint density at radius 3 is 1.89 bits per heavy atom. The van der Waals surface area contributed by atoms with Crippen LogP contribution in [0.4, 0.5) is 5.69 Å². The highest BCUT2D eigenvalue weighted by Crippen LogP contribution is 2.37. The van der Waals surface area contributed by atoms with Crippen LogP contribution in [0.15, 0.2) is 116 Å². The van der Waals surface area contributed by atoms with Gasteiger partial charge in [-0.1, -0.05) is 66.8 Å². The molecular formula is C60H69N8O8+3. The SMILES string of the molecule is COCCOCc1cn(Cc2cc(C(=O)O)cc(Cn3cc(COCCOC)[n+](C)n3)c2C(=C\C=C\C2=[N+](CCOC)c3ccc(C)c4cccc2c34)/C=C/C=c2\c3cccc4c(C)ccc(c43)n2CCOC)n[n+]1C. The molecule has 1 aliphatic heterocycles. The average Bonchev–Trinajstić information content (AvgIpc) is 4.21. The van der Waals surface area contributed by atoms with E-state index in [2.05, 4.69) is 120 Å². The zero-order chi connectivity index (χ0) is 53.3. The molecule has 394 valence electrons. The van der Waals surface area contributed by atoms with Crippen LogP contribution in [0.2, 0.25) is 0 Å². The van der Waals surface area contributed by atoms with Crippen LogP contribution >= 0.6 is 0 Å². The number of hydrogen-bond donors (Lipinski definition) is 1. The van der Waals surface area contributed by atoms with Crippen LogP contribution in [0.1, 0.15) is 55.1 Å². The summed E-state index contributed by atoms with van der Waals surface area (Å²) in [7, 11) is 10.5. The Balaban J connectivity index is 1.26. The summed E-state index contributed by atoms with van der Waals surface area (Å²) in [4.78, 5) is 13.2. The molecular weight excluding hydrogens is 961 g/mol. The number of hydrogen-bond acceptors (Lipinski definition) is 9. The minimum atomic E-state index is -1.05. The maximum atomic E-state index is 13.2. The summed E-state index contributed by atoms with van der Waals surface area (Å²) in [5.74, 6) is -1.05. The maximum Gasteiger partial charge on any atom is 0.335 e. The number of aromatic nitrogens is 7. The minimum absolute atomic E-state index is 0.145. The van der Waals surface area contributed by atoms with Crippen molar-refractivity contribution in [2.24, 2.45) is 14.1 Å². The molecule has 0 saturated heterocycles. The lowest BCUT2D eigenvalue weighted by Gasteiger charge is -2.15. The van der Waals surface area contributed by atoms with Crippen LogP contribution in [0.25, 0.3) is 44.1 Å². The first-order chi connectivity index (χ1) is 37.0. The van der Waals surface area contributed by atoms with Gasteiger partial charge in [-0.2, -0.15) is 4.58 Å². The van der Waals surface area contributed by atoms with E-state index >= 15 is 0 Å². The molecule has 16 heteroatoms. The number of allylic oxidation sites excluding steroid dienone is 6. The summed E-state index contributed by atoms with van der Waals surface area (Å²) >= 11 is 0. The van der Waals surface area contributed by atoms with Gasteiger partial charge in [0.05, 0.1) is 60.0 Å². The number of rotatable bonds is 26. The van der Waals surface area contributed by atoms with Gasteiger partial charge in [-0.05, 0) is 77.2 Å². The first-order valence-electron chi connectivity index (χ1n) is 25.6. The Kier molecular flexibility index (Phi) is 17.2. The molecule has 0 radical (unpaired) electrons. The lowest BCUT2D eigenvalue weighted by molar-refractivity contribution is -0.740. The van der Waals surface area contributed by atoms with Crippen LogP contribution in [0.3, 0.4) is 0 Å². The highest BCUT2D eigenvalue weighted by Gasteiger charge is 2.31. The number of methoxy groups -OCH3 is 4. The number of aryl methyl sites for hydroxylation is 4. The molecule has 76 heavy (non-hydrogen) atoms. The summed E-state index contributed by atoms with van der Waals surface area (Å²) in [5.41, 5.74) is 11.9. The third kappa shape index (κ3) is 11.4. The topological polar surface area (TPSA) is 144 Å². The van der Waals surface area contributed by atoms with Gasteiger partial charge in [0.25, 0.3) is 0 Å². The van der Waals surface area contributed by atoms with E-state index in [1.165, 1.54) is 32.7 Å². The smallest absolute Gasteiger partial charge is 0.335 e. The highest BCUT2D eigenvalue weighted by molar-refractivity contribution is 6.20. The van der Waals surface area contributed by atoms with Gasteiger partial charge in [0, 0.05) is 79.9 Å². The number of carboxylic acids is 1. The molecule has 1 N–H and O–H groups in total. The van der Waals surface area contributed by atoms with Crippen LogP contribution in [0.5, 0.6) is 0 Å². The lowest BCUT2D eigenvalue weighted by Crippen LogP contribution is -2.36. The zero-order valence-corrected chi connectivity index (χ0v) is 44.9. The second kappa shape index (κ2) is 24.5. The van der Waals surface area contributed by atoms with Crippen LogP contribution in [-0.4, -0.2) is 120 Å². The molecule has 16 nitrogen and oxygen atoms in total. The molecule has 0 spiro atoms. The summed E-state index contributed by atoms with van der Waals surface area (Å²) < 4.78 is 45.5. The number of carboxylic acid groups (broad SMARTS) is 1. The molecule has 4 heterocycles. The Hall–Kier alpha value is -7.44. The summed E-state index contributed by atoms with van der Waals surface area (Å²) in [6.07, 6.45) is 16.7. The fourth-order valence-corrected chi connectivity index (χ4v) is 10.3. The Morgan fingerprint density at radius 2 is 1.28 bits per heavy atom. The van der Waals surface area contributed by atoms with Gasteiger partial charge >= 0.3 is 5.97 Å². The number of nitrogens with zero attached hydrogens (tertiary/aromatic N) is 8. The first kappa shape index (κ1) is 53.4. The van der Waals surface area contributed by atoms with Crippen molar-refractivity contribution in [3.63, 3.8) is 0 Å². The quantitative estimate of drug-likeness (QED) is 0.0347. The lowest BCUT2D eigenvalue weighted by atomic mass is 9.90. The molecule has 5 aromatic carbocycles. The number of ether oxygens (including phenoxy) is 6. The molecule has 0 atom stereocenters. The summed E-state index contributed by atoms with van der Waals surface area (Å²) in [6.45, 7) is 9.65. The fourth-order valence-electron chi connectivity index (χ4n) is 10.3. The highest BCUT2D eigenvalue weighted by atomic mass is 16.5. The molecule has 1 aliphatic rings. The van der Waals surface area contributed by atoms with E-state index in [9.17, 15) is 9.90 Å². The van der Waals surface area contributed by atoms with Gasteiger partial charge < -0.3 is 38.1 Å². The second-order valence-corrected chi connectivity index (χ2v) is 19.1. The monoisotopic (exact) mass is 1030 g/mol. The van der Waals surface area contributed by atoms with Gasteiger partial charge in [-0.15, -0.1) is 18.7 Å². The van der Waals surface area contributed by atoms with Gasteiger partial charge in [-0.25, -0.2) is 4.79 Å². The average molecular weight is 1030 g/mol. The molecule has 0 bridgehead atoms. The molecule has 0 unspecified atom stereocenters. The molecule has 3 aromatic heterocycles. The van der Waals surface area contributed by atoms with E-state index in [0.29, 0.717) is 65.9 Å². The molecule has 0 aliphatic carbocycles. The van der Waals surface area contributed by atoms with E-state index in [1.807, 2.05) is 35.9 Å². The minimum Gasteiger partial charge on any atom is -0.478 e. The normalized spacial score (nSPS) is 13.3. The zero-order valence-electron chi connectivity index (χ0n) is 44.9. The van der Waals surface area contributed by atoms with Crippen LogP contribution < -0.4 is 14.7 Å². The van der Waals surface area contributed by atoms with Crippen LogP contribution in [0, 0.1) is 13.8 Å². The van der Waals surface area contributed by atoms with E-state index in [0.717, 1.165) is 66.9 Å². The molecule has 0 amide bonds. The van der Waals surface area contributed by atoms with Crippen molar-refractivity contribution >= 4 is 61.5 Å². The van der Waals surface area contributed by atoms with Gasteiger partial charge in [0.1, 0.15) is 47.0 Å². The van der Waals surface area contributed by atoms with Crippen molar-refractivity contribution in [1.29, 1.82) is 0 Å². The first-order valence-corrected chi connectivity index (χ1v) is 25.6. The van der Waals surface area contributed by atoms with E-state index in [-0.39, 0.29) is 18.7 Å². The van der Waals surface area contributed by atoms with Gasteiger partial charge in [0.2, 0.25) is 11.4 Å². The summed E-state index contributed by atoms with van der Waals surface area (Å²) in [5, 5.41) is 27.6. The Morgan fingerprint density at radius 1 is 0.684 bits per heavy atom. The number of aromatic carboxylic acids is 1. The largest absolute Gasteiger partial charge is 0.478 e. The Bertz CT molecular complexity index is 3520. The molecule has 8 aromatic rings. The third-order valence-corrected chi connectivity index (χ3v) is 14.1. The van der Waals surface area contributed by atoms with Crippen molar-refractivity contribution < 1.29 is 52.3 Å². The predicted molar refractivity (Wildman–Crippen MR) is 293 cm³/mol. The van der Waals surface area contributed by atoms with E-state index < -0.39 is 5.97 Å². The number of carbonyl (C=O) groups is 1. The van der Waals surface area contributed by atoms with Crippen LogP contribution in [-0.2, 0) is 75.4 Å². The van der Waals surface area contributed by atoms with Gasteiger partial charge in [-0.3, -0.25) is 0 Å². The third-order valence-electron chi connectivity index (χ3n) is 14.1. The predicted octanol–water partition coefficient (Wildman–Crippen LogP) is 6.86. The molecule has 0 saturated carbocycles. The molecule has 9 rings (SSSR count). The van der Waals surface area contributed by atoms with Crippen molar-refractivity contribution in [1.82, 2.24) is 24.4 Å². The van der Waals surface area contributed by atoms with Gasteiger partial charge in [0.15, 0.2) is 30.3 Å². The Labute approximate surface area is 443 Å². The summed E-state index contributed by atoms with van der Waals surface area (Å²) in [6, 6.07) is 25.3. The number of benzene rings is 5. The van der Waals surface area contributed by atoms with E-state index in [4.69, 9.17) is 38.8 Å².